The van der Waals surface area contributed by atoms with Gasteiger partial charge in [-0.1, -0.05) is 0 Å². The number of pyridine rings is 1. The minimum Gasteiger partial charge on any atom is -0.370 e. The Bertz CT molecular complexity index is 654. The van der Waals surface area contributed by atoms with E-state index in [0.717, 1.165) is 12.1 Å². The van der Waals surface area contributed by atoms with E-state index in [1.165, 1.54) is 12.1 Å². The molecule has 0 unspecified atom stereocenters. The molecule has 0 radical (unpaired) electrons. The molecule has 116 valence electrons. The molecule has 2 rings (SSSR count). The van der Waals surface area contributed by atoms with Crippen LogP contribution in [-0.2, 0) is 6.18 Å². The van der Waals surface area contributed by atoms with Crippen molar-refractivity contribution in [1.29, 1.82) is 0 Å². The van der Waals surface area contributed by atoms with Crippen LogP contribution in [0.25, 0.3) is 0 Å². The average molecular weight is 309 g/mol. The highest BCUT2D eigenvalue weighted by atomic mass is 19.4. The quantitative estimate of drug-likeness (QED) is 0.903. The maximum absolute atomic E-state index is 12.5. The molecule has 4 nitrogen and oxygen atoms in total. The maximum Gasteiger partial charge on any atom is 0.416 e. The Hall–Kier alpha value is -2.57. The van der Waals surface area contributed by atoms with E-state index in [9.17, 15) is 18.0 Å². The number of halogens is 3. The van der Waals surface area contributed by atoms with Crippen LogP contribution >= 0.6 is 0 Å². The largest absolute Gasteiger partial charge is 0.416 e. The molecule has 7 heteroatoms. The molecular weight excluding hydrogens is 295 g/mol. The van der Waals surface area contributed by atoms with Crippen molar-refractivity contribution in [2.75, 3.05) is 17.2 Å². The van der Waals surface area contributed by atoms with Gasteiger partial charge in [0.25, 0.3) is 5.91 Å². The number of amides is 1. The van der Waals surface area contributed by atoms with Gasteiger partial charge in [-0.05, 0) is 43.3 Å². The standard InChI is InChI=1S/C15H14F3N3O/c1-2-19-13-12(4-3-9-20-13)14(22)21-11-7-5-10(6-8-11)15(16,17)18/h3-9H,2H2,1H3,(H,19,20)(H,21,22). The van der Waals surface area contributed by atoms with E-state index >= 15 is 0 Å². The predicted molar refractivity (Wildman–Crippen MR) is 77.8 cm³/mol. The second-order valence-corrected chi connectivity index (χ2v) is 4.46. The summed E-state index contributed by atoms with van der Waals surface area (Å²) in [5.41, 5.74) is -0.159. The molecule has 0 aliphatic rings. The zero-order valence-electron chi connectivity index (χ0n) is 11.7. The fraction of sp³-hybridized carbons (Fsp3) is 0.200. The minimum absolute atomic E-state index is 0.282. The molecule has 2 N–H and O–H groups in total. The van der Waals surface area contributed by atoms with E-state index in [1.807, 2.05) is 6.92 Å². The van der Waals surface area contributed by atoms with E-state index in [0.29, 0.717) is 17.9 Å². The summed E-state index contributed by atoms with van der Waals surface area (Å²) in [5, 5.41) is 5.50. The summed E-state index contributed by atoms with van der Waals surface area (Å²) in [6, 6.07) is 7.47. The first-order valence-corrected chi connectivity index (χ1v) is 6.59. The van der Waals surface area contributed by atoms with Crippen molar-refractivity contribution < 1.29 is 18.0 Å². The minimum atomic E-state index is -4.40. The molecule has 2 aromatic rings. The summed E-state index contributed by atoms with van der Waals surface area (Å²) in [4.78, 5) is 16.2. The summed E-state index contributed by atoms with van der Waals surface area (Å²) >= 11 is 0. The first-order valence-electron chi connectivity index (χ1n) is 6.59. The molecule has 0 aliphatic heterocycles. The van der Waals surface area contributed by atoms with Gasteiger partial charge in [-0.2, -0.15) is 13.2 Å². The number of aromatic nitrogens is 1. The van der Waals surface area contributed by atoms with Crippen molar-refractivity contribution in [3.63, 3.8) is 0 Å². The average Bonchev–Trinajstić information content (AvgIpc) is 2.47. The monoisotopic (exact) mass is 309 g/mol. The topological polar surface area (TPSA) is 54.0 Å². The Morgan fingerprint density at radius 3 is 2.45 bits per heavy atom. The van der Waals surface area contributed by atoms with Gasteiger partial charge in [-0.3, -0.25) is 4.79 Å². The molecule has 22 heavy (non-hydrogen) atoms. The number of nitrogens with one attached hydrogen (secondary N) is 2. The van der Waals surface area contributed by atoms with E-state index in [2.05, 4.69) is 15.6 Å². The lowest BCUT2D eigenvalue weighted by Crippen LogP contribution is -2.15. The van der Waals surface area contributed by atoms with E-state index in [1.54, 1.807) is 18.3 Å². The number of carbonyl (C=O) groups excluding carboxylic acids is 1. The van der Waals surface area contributed by atoms with Crippen LogP contribution in [-0.4, -0.2) is 17.4 Å². The van der Waals surface area contributed by atoms with Gasteiger partial charge < -0.3 is 10.6 Å². The lowest BCUT2D eigenvalue weighted by molar-refractivity contribution is -0.137. The van der Waals surface area contributed by atoms with Crippen molar-refractivity contribution in [2.45, 2.75) is 13.1 Å². The van der Waals surface area contributed by atoms with Crippen molar-refractivity contribution in [2.24, 2.45) is 0 Å². The van der Waals surface area contributed by atoms with Crippen LogP contribution in [0.2, 0.25) is 0 Å². The zero-order chi connectivity index (χ0) is 16.2. The van der Waals surface area contributed by atoms with E-state index in [4.69, 9.17) is 0 Å². The van der Waals surface area contributed by atoms with Crippen molar-refractivity contribution in [3.8, 4) is 0 Å². The summed E-state index contributed by atoms with van der Waals surface area (Å²) in [7, 11) is 0. The summed E-state index contributed by atoms with van der Waals surface area (Å²) in [6.07, 6.45) is -2.85. The lowest BCUT2D eigenvalue weighted by Gasteiger charge is -2.11. The van der Waals surface area contributed by atoms with Crippen LogP contribution in [0.4, 0.5) is 24.7 Å². The Morgan fingerprint density at radius 2 is 1.86 bits per heavy atom. The Kier molecular flexibility index (Phi) is 4.65. The molecule has 0 aliphatic carbocycles. The summed E-state index contributed by atoms with van der Waals surface area (Å²) in [5.74, 6) is -0.0155. The molecule has 1 aromatic carbocycles. The van der Waals surface area contributed by atoms with Gasteiger partial charge in [0, 0.05) is 18.4 Å². The number of rotatable bonds is 4. The highest BCUT2D eigenvalue weighted by Gasteiger charge is 2.30. The molecule has 0 bridgehead atoms. The van der Waals surface area contributed by atoms with Crippen LogP contribution in [0, 0.1) is 0 Å². The Labute approximate surface area is 125 Å². The third kappa shape index (κ3) is 3.75. The van der Waals surface area contributed by atoms with E-state index in [-0.39, 0.29) is 5.69 Å². The molecule has 0 saturated heterocycles. The third-order valence-corrected chi connectivity index (χ3v) is 2.87. The first kappa shape index (κ1) is 15.8. The molecule has 0 saturated carbocycles. The van der Waals surface area contributed by atoms with Crippen LogP contribution in [0.1, 0.15) is 22.8 Å². The lowest BCUT2D eigenvalue weighted by atomic mass is 10.2. The SMILES string of the molecule is CCNc1ncccc1C(=O)Nc1ccc(C(F)(F)F)cc1. The smallest absolute Gasteiger partial charge is 0.370 e. The number of benzene rings is 1. The van der Waals surface area contributed by atoms with Gasteiger partial charge in [0.1, 0.15) is 5.82 Å². The number of anilines is 2. The fourth-order valence-electron chi connectivity index (χ4n) is 1.84. The van der Waals surface area contributed by atoms with Gasteiger partial charge in [-0.25, -0.2) is 4.98 Å². The van der Waals surface area contributed by atoms with Crippen LogP contribution < -0.4 is 10.6 Å². The van der Waals surface area contributed by atoms with Crippen molar-refractivity contribution in [3.05, 3.63) is 53.7 Å². The van der Waals surface area contributed by atoms with E-state index < -0.39 is 17.6 Å². The van der Waals surface area contributed by atoms with Gasteiger partial charge in [0.2, 0.25) is 0 Å². The Balaban J connectivity index is 2.16. The number of alkyl halides is 3. The highest BCUT2D eigenvalue weighted by molar-refractivity contribution is 6.07. The van der Waals surface area contributed by atoms with Crippen molar-refractivity contribution >= 4 is 17.4 Å². The number of hydrogen-bond donors (Lipinski definition) is 2. The highest BCUT2D eigenvalue weighted by Crippen LogP contribution is 2.29. The summed E-state index contributed by atoms with van der Waals surface area (Å²) < 4.78 is 37.4. The second-order valence-electron chi connectivity index (χ2n) is 4.46. The Morgan fingerprint density at radius 1 is 1.18 bits per heavy atom. The summed E-state index contributed by atoms with van der Waals surface area (Å²) in [6.45, 7) is 2.46. The van der Waals surface area contributed by atoms with Crippen LogP contribution in [0.15, 0.2) is 42.6 Å². The number of hydrogen-bond acceptors (Lipinski definition) is 3. The number of nitrogens with zero attached hydrogens (tertiary/aromatic N) is 1. The van der Waals surface area contributed by atoms with Gasteiger partial charge in [0.15, 0.2) is 0 Å². The second kappa shape index (κ2) is 6.46. The number of carbonyl (C=O) groups is 1. The maximum atomic E-state index is 12.5. The van der Waals surface area contributed by atoms with Gasteiger partial charge >= 0.3 is 6.18 Å². The molecule has 1 amide bonds. The zero-order valence-corrected chi connectivity index (χ0v) is 11.7. The molecular formula is C15H14F3N3O. The fourth-order valence-corrected chi connectivity index (χ4v) is 1.84. The normalized spacial score (nSPS) is 11.1. The van der Waals surface area contributed by atoms with Gasteiger partial charge in [-0.15, -0.1) is 0 Å². The third-order valence-electron chi connectivity index (χ3n) is 2.87. The van der Waals surface area contributed by atoms with Crippen LogP contribution in [0.3, 0.4) is 0 Å². The van der Waals surface area contributed by atoms with Gasteiger partial charge in [0.05, 0.1) is 11.1 Å². The first-order chi connectivity index (χ1) is 10.4. The van der Waals surface area contributed by atoms with Crippen LogP contribution in [0.5, 0.6) is 0 Å². The molecule has 0 spiro atoms. The molecule has 1 heterocycles. The predicted octanol–water partition coefficient (Wildman–Crippen LogP) is 3.78. The molecule has 0 fully saturated rings. The molecule has 0 atom stereocenters. The molecule has 1 aromatic heterocycles. The van der Waals surface area contributed by atoms with Crippen molar-refractivity contribution in [1.82, 2.24) is 4.98 Å².